The van der Waals surface area contributed by atoms with Crippen LogP contribution in [-0.4, -0.2) is 18.4 Å². The summed E-state index contributed by atoms with van der Waals surface area (Å²) in [4.78, 5) is 23.0. The summed E-state index contributed by atoms with van der Waals surface area (Å²) in [5.41, 5.74) is 8.02. The third-order valence-electron chi connectivity index (χ3n) is 3.20. The van der Waals surface area contributed by atoms with Crippen LogP contribution in [0.2, 0.25) is 5.02 Å². The summed E-state index contributed by atoms with van der Waals surface area (Å²) >= 11 is 6.14. The minimum absolute atomic E-state index is 0.167. The standard InChI is InChI=1S/C17H17ClN2O3/c1-10-7-11(2)16(14(18)8-10)20-15(21)9-23-13-5-3-12(4-6-13)17(19)22/h3-8H,9H2,1-2H3,(H2,19,22)(H,20,21). The molecule has 0 fully saturated rings. The molecule has 0 unspecified atom stereocenters. The number of rotatable bonds is 5. The SMILES string of the molecule is Cc1cc(C)c(NC(=O)COc2ccc(C(N)=O)cc2)c(Cl)c1. The van der Waals surface area contributed by atoms with Crippen LogP contribution in [0.25, 0.3) is 0 Å². The summed E-state index contributed by atoms with van der Waals surface area (Å²) in [5, 5.41) is 3.22. The number of carbonyl (C=O) groups is 2. The van der Waals surface area contributed by atoms with Gasteiger partial charge in [-0.25, -0.2) is 0 Å². The number of nitrogens with one attached hydrogen (secondary N) is 1. The summed E-state index contributed by atoms with van der Waals surface area (Å²) in [5.74, 6) is -0.367. The fraction of sp³-hybridized carbons (Fsp3) is 0.176. The molecule has 0 aliphatic heterocycles. The third kappa shape index (κ3) is 4.47. The zero-order valence-corrected chi connectivity index (χ0v) is 13.6. The first kappa shape index (κ1) is 16.8. The predicted molar refractivity (Wildman–Crippen MR) is 90.0 cm³/mol. The van der Waals surface area contributed by atoms with E-state index in [9.17, 15) is 9.59 Å². The highest BCUT2D eigenvalue weighted by molar-refractivity contribution is 6.34. The summed E-state index contributed by atoms with van der Waals surface area (Å²) in [6.07, 6.45) is 0. The minimum Gasteiger partial charge on any atom is -0.484 e. The van der Waals surface area contributed by atoms with Gasteiger partial charge in [-0.1, -0.05) is 17.7 Å². The van der Waals surface area contributed by atoms with E-state index in [1.54, 1.807) is 18.2 Å². The van der Waals surface area contributed by atoms with E-state index in [-0.39, 0.29) is 12.5 Å². The summed E-state index contributed by atoms with van der Waals surface area (Å²) in [6.45, 7) is 3.64. The average Bonchev–Trinajstić information content (AvgIpc) is 2.49. The van der Waals surface area contributed by atoms with E-state index in [1.807, 2.05) is 19.9 Å². The molecule has 2 rings (SSSR count). The van der Waals surface area contributed by atoms with Crippen LogP contribution >= 0.6 is 11.6 Å². The van der Waals surface area contributed by atoms with Gasteiger partial charge >= 0.3 is 0 Å². The number of amides is 2. The van der Waals surface area contributed by atoms with Crippen LogP contribution in [0.5, 0.6) is 5.75 Å². The van der Waals surface area contributed by atoms with Gasteiger partial charge in [0.1, 0.15) is 5.75 Å². The zero-order valence-electron chi connectivity index (χ0n) is 12.9. The highest BCUT2D eigenvalue weighted by atomic mass is 35.5. The van der Waals surface area contributed by atoms with Crippen molar-refractivity contribution < 1.29 is 14.3 Å². The number of halogens is 1. The number of nitrogens with two attached hydrogens (primary N) is 1. The highest BCUT2D eigenvalue weighted by Gasteiger charge is 2.10. The summed E-state index contributed by atoms with van der Waals surface area (Å²) < 4.78 is 5.37. The van der Waals surface area contributed by atoms with Gasteiger partial charge in [-0.3, -0.25) is 9.59 Å². The number of ether oxygens (including phenoxy) is 1. The Labute approximate surface area is 139 Å². The molecule has 5 nitrogen and oxygen atoms in total. The molecule has 0 atom stereocenters. The Morgan fingerprint density at radius 2 is 1.83 bits per heavy atom. The van der Waals surface area contributed by atoms with Crippen molar-refractivity contribution in [3.63, 3.8) is 0 Å². The molecule has 2 aromatic rings. The molecule has 3 N–H and O–H groups in total. The van der Waals surface area contributed by atoms with Gasteiger partial charge in [0, 0.05) is 5.56 Å². The third-order valence-corrected chi connectivity index (χ3v) is 3.50. The molecule has 0 radical (unpaired) electrons. The van der Waals surface area contributed by atoms with E-state index in [2.05, 4.69) is 5.32 Å². The second kappa shape index (κ2) is 7.15. The normalized spacial score (nSPS) is 10.2. The van der Waals surface area contributed by atoms with Gasteiger partial charge in [0.2, 0.25) is 5.91 Å². The lowest BCUT2D eigenvalue weighted by molar-refractivity contribution is -0.118. The molecule has 0 saturated heterocycles. The van der Waals surface area contributed by atoms with Crippen molar-refractivity contribution in [2.75, 3.05) is 11.9 Å². The van der Waals surface area contributed by atoms with Gasteiger partial charge in [0.25, 0.3) is 5.91 Å². The van der Waals surface area contributed by atoms with Crippen LogP contribution in [0.3, 0.4) is 0 Å². The van der Waals surface area contributed by atoms with Crippen LogP contribution in [0.1, 0.15) is 21.5 Å². The van der Waals surface area contributed by atoms with Crippen molar-refractivity contribution in [2.45, 2.75) is 13.8 Å². The molecule has 0 heterocycles. The first-order chi connectivity index (χ1) is 10.9. The Morgan fingerprint density at radius 1 is 1.17 bits per heavy atom. The van der Waals surface area contributed by atoms with Crippen molar-refractivity contribution >= 4 is 29.1 Å². The molecular weight excluding hydrogens is 316 g/mol. The number of aryl methyl sites for hydroxylation is 2. The van der Waals surface area contributed by atoms with Crippen molar-refractivity contribution in [1.29, 1.82) is 0 Å². The number of carbonyl (C=O) groups excluding carboxylic acids is 2. The number of hydrogen-bond donors (Lipinski definition) is 2. The fourth-order valence-corrected chi connectivity index (χ4v) is 2.48. The van der Waals surface area contributed by atoms with Crippen molar-refractivity contribution in [2.24, 2.45) is 5.73 Å². The molecule has 2 aromatic carbocycles. The van der Waals surface area contributed by atoms with Gasteiger partial charge in [-0.2, -0.15) is 0 Å². The monoisotopic (exact) mass is 332 g/mol. The summed E-state index contributed by atoms with van der Waals surface area (Å²) in [7, 11) is 0. The Balaban J connectivity index is 1.96. The molecule has 0 aliphatic carbocycles. The molecular formula is C17H17ClN2O3. The maximum atomic E-state index is 12.0. The number of hydrogen-bond acceptors (Lipinski definition) is 3. The Bertz CT molecular complexity index is 719. The highest BCUT2D eigenvalue weighted by Crippen LogP contribution is 2.27. The maximum absolute atomic E-state index is 12.0. The summed E-state index contributed by atoms with van der Waals surface area (Å²) in [6, 6.07) is 9.96. The topological polar surface area (TPSA) is 81.4 Å². The lowest BCUT2D eigenvalue weighted by Crippen LogP contribution is -2.21. The van der Waals surface area contributed by atoms with Crippen molar-refractivity contribution in [3.05, 3.63) is 58.1 Å². The van der Waals surface area contributed by atoms with Crippen LogP contribution in [-0.2, 0) is 4.79 Å². The molecule has 0 saturated carbocycles. The second-order valence-corrected chi connectivity index (χ2v) is 5.57. The molecule has 0 spiro atoms. The number of benzene rings is 2. The van der Waals surface area contributed by atoms with E-state index in [1.165, 1.54) is 12.1 Å². The first-order valence-corrected chi connectivity index (χ1v) is 7.34. The molecule has 0 aromatic heterocycles. The maximum Gasteiger partial charge on any atom is 0.262 e. The first-order valence-electron chi connectivity index (χ1n) is 6.96. The molecule has 120 valence electrons. The molecule has 6 heteroatoms. The van der Waals surface area contributed by atoms with Gasteiger partial charge < -0.3 is 15.8 Å². The van der Waals surface area contributed by atoms with Gasteiger partial charge in [-0.15, -0.1) is 0 Å². The van der Waals surface area contributed by atoms with Crippen LogP contribution < -0.4 is 15.8 Å². The van der Waals surface area contributed by atoms with Crippen LogP contribution in [0.15, 0.2) is 36.4 Å². The van der Waals surface area contributed by atoms with E-state index < -0.39 is 5.91 Å². The largest absolute Gasteiger partial charge is 0.484 e. The molecule has 2 amide bonds. The lowest BCUT2D eigenvalue weighted by atomic mass is 10.1. The second-order valence-electron chi connectivity index (χ2n) is 5.16. The average molecular weight is 333 g/mol. The quantitative estimate of drug-likeness (QED) is 0.882. The Hall–Kier alpha value is -2.53. The lowest BCUT2D eigenvalue weighted by Gasteiger charge is -2.12. The van der Waals surface area contributed by atoms with Crippen molar-refractivity contribution in [1.82, 2.24) is 0 Å². The van der Waals surface area contributed by atoms with Crippen molar-refractivity contribution in [3.8, 4) is 5.75 Å². The predicted octanol–water partition coefficient (Wildman–Crippen LogP) is 3.07. The Morgan fingerprint density at radius 3 is 2.39 bits per heavy atom. The van der Waals surface area contributed by atoms with E-state index in [0.29, 0.717) is 22.0 Å². The smallest absolute Gasteiger partial charge is 0.262 e. The van der Waals surface area contributed by atoms with Gasteiger partial charge in [0.15, 0.2) is 6.61 Å². The van der Waals surface area contributed by atoms with Crippen LogP contribution in [0, 0.1) is 13.8 Å². The number of anilines is 1. The Kier molecular flexibility index (Phi) is 5.24. The number of primary amides is 1. The fourth-order valence-electron chi connectivity index (χ4n) is 2.11. The van der Waals surface area contributed by atoms with Gasteiger partial charge in [-0.05, 0) is 55.3 Å². The minimum atomic E-state index is -0.515. The molecule has 0 bridgehead atoms. The zero-order chi connectivity index (χ0) is 17.0. The van der Waals surface area contributed by atoms with E-state index in [4.69, 9.17) is 22.1 Å². The molecule has 0 aliphatic rings. The van der Waals surface area contributed by atoms with E-state index >= 15 is 0 Å². The van der Waals surface area contributed by atoms with Gasteiger partial charge in [0.05, 0.1) is 10.7 Å². The van der Waals surface area contributed by atoms with E-state index in [0.717, 1.165) is 11.1 Å². The molecule has 23 heavy (non-hydrogen) atoms. The van der Waals surface area contributed by atoms with Crippen LogP contribution in [0.4, 0.5) is 5.69 Å².